The van der Waals surface area contributed by atoms with Crippen molar-refractivity contribution in [2.75, 3.05) is 44.7 Å². The largest absolute Gasteiger partial charge is 0.379 e. The standard InChI is InChI=1S/C28H40N4O6S/c1-4-5-6-22-7-9-23(10-8-22)27(33)29-24-11-13-25(14-12-24)39(36,37)32(26(21(2)3)28(34)30-35)16-15-31-17-19-38-20-18-31/h7-14,21,26,35H,4-6,15-20H2,1-3H3,(H,29,33)(H,30,34)/t26-/m1/s1. The van der Waals surface area contributed by atoms with Gasteiger partial charge in [-0.1, -0.05) is 39.3 Å². The quantitative estimate of drug-likeness (QED) is 0.254. The summed E-state index contributed by atoms with van der Waals surface area (Å²) in [5, 5.41) is 12.1. The van der Waals surface area contributed by atoms with E-state index in [0.717, 1.165) is 23.6 Å². The minimum Gasteiger partial charge on any atom is -0.379 e. The molecule has 2 aromatic carbocycles. The van der Waals surface area contributed by atoms with Crippen LogP contribution in [0.5, 0.6) is 0 Å². The van der Waals surface area contributed by atoms with E-state index in [2.05, 4.69) is 17.1 Å². The van der Waals surface area contributed by atoms with Crippen LogP contribution in [0, 0.1) is 5.92 Å². The molecule has 0 radical (unpaired) electrons. The number of benzene rings is 2. The highest BCUT2D eigenvalue weighted by atomic mass is 32.2. The summed E-state index contributed by atoms with van der Waals surface area (Å²) >= 11 is 0. The Hall–Kier alpha value is -2.83. The number of carbonyl (C=O) groups is 2. The maximum absolute atomic E-state index is 13.8. The fourth-order valence-corrected chi connectivity index (χ4v) is 6.27. The van der Waals surface area contributed by atoms with Crippen LogP contribution in [-0.2, 0) is 26.0 Å². The van der Waals surface area contributed by atoms with Gasteiger partial charge in [0.1, 0.15) is 6.04 Å². The third-order valence-corrected chi connectivity index (χ3v) is 8.71. The summed E-state index contributed by atoms with van der Waals surface area (Å²) in [6.07, 6.45) is 3.16. The van der Waals surface area contributed by atoms with Crippen LogP contribution in [0.3, 0.4) is 0 Å². The number of nitrogens with zero attached hydrogens (tertiary/aromatic N) is 2. The molecule has 0 aliphatic carbocycles. The zero-order valence-electron chi connectivity index (χ0n) is 22.9. The highest BCUT2D eigenvalue weighted by molar-refractivity contribution is 7.89. The van der Waals surface area contributed by atoms with Crippen LogP contribution < -0.4 is 10.8 Å². The number of hydrogen-bond acceptors (Lipinski definition) is 7. The maximum atomic E-state index is 13.8. The second-order valence-electron chi connectivity index (χ2n) is 10.0. The SMILES string of the molecule is CCCCc1ccc(C(=O)Nc2ccc(S(=O)(=O)N(CCN3CCOCC3)[C@@H](C(=O)NO)C(C)C)cc2)cc1. The first-order valence-electron chi connectivity index (χ1n) is 13.4. The Morgan fingerprint density at radius 3 is 2.26 bits per heavy atom. The number of hydrogen-bond donors (Lipinski definition) is 3. The Bertz CT molecular complexity index is 1180. The van der Waals surface area contributed by atoms with Crippen LogP contribution in [0.2, 0.25) is 0 Å². The van der Waals surface area contributed by atoms with E-state index < -0.39 is 27.9 Å². The summed E-state index contributed by atoms with van der Waals surface area (Å²) < 4.78 is 34.0. The molecule has 0 spiro atoms. The topological polar surface area (TPSA) is 128 Å². The van der Waals surface area contributed by atoms with Gasteiger partial charge in [0.15, 0.2) is 0 Å². The lowest BCUT2D eigenvalue weighted by molar-refractivity contribution is -0.134. The number of anilines is 1. The Morgan fingerprint density at radius 2 is 1.69 bits per heavy atom. The molecule has 1 fully saturated rings. The molecule has 10 nitrogen and oxygen atoms in total. The highest BCUT2D eigenvalue weighted by Gasteiger charge is 2.38. The van der Waals surface area contributed by atoms with E-state index in [9.17, 15) is 23.2 Å². The molecule has 1 aliphatic rings. The number of amides is 2. The molecular weight excluding hydrogens is 520 g/mol. The highest BCUT2D eigenvalue weighted by Crippen LogP contribution is 2.24. The smallest absolute Gasteiger partial charge is 0.262 e. The molecule has 214 valence electrons. The van der Waals surface area contributed by atoms with Gasteiger partial charge in [0.2, 0.25) is 10.0 Å². The van der Waals surface area contributed by atoms with E-state index in [-0.39, 0.29) is 17.3 Å². The third kappa shape index (κ3) is 8.33. The number of unbranched alkanes of at least 4 members (excludes halogenated alkanes) is 1. The van der Waals surface area contributed by atoms with Crippen molar-refractivity contribution in [3.63, 3.8) is 0 Å². The van der Waals surface area contributed by atoms with Gasteiger partial charge in [-0.15, -0.1) is 0 Å². The van der Waals surface area contributed by atoms with Gasteiger partial charge >= 0.3 is 0 Å². The number of rotatable bonds is 13. The molecule has 1 aliphatic heterocycles. The Morgan fingerprint density at radius 1 is 1.05 bits per heavy atom. The molecular formula is C28H40N4O6S. The lowest BCUT2D eigenvalue weighted by atomic mass is 10.0. The molecule has 0 saturated carbocycles. The van der Waals surface area contributed by atoms with Crippen LogP contribution in [0.15, 0.2) is 53.4 Å². The van der Waals surface area contributed by atoms with Crippen molar-refractivity contribution in [1.82, 2.24) is 14.7 Å². The number of sulfonamides is 1. The molecule has 1 atom stereocenters. The predicted octanol–water partition coefficient (Wildman–Crippen LogP) is 3.13. The minimum absolute atomic E-state index is 0.0147. The van der Waals surface area contributed by atoms with Gasteiger partial charge < -0.3 is 10.1 Å². The Labute approximate surface area is 231 Å². The second-order valence-corrected chi connectivity index (χ2v) is 11.9. The Kier molecular flexibility index (Phi) is 11.4. The molecule has 0 aromatic heterocycles. The van der Waals surface area contributed by atoms with Crippen molar-refractivity contribution in [3.05, 3.63) is 59.7 Å². The first-order chi connectivity index (χ1) is 18.7. The Balaban J connectivity index is 1.77. The van der Waals surface area contributed by atoms with Crippen LogP contribution in [-0.4, -0.2) is 80.1 Å². The van der Waals surface area contributed by atoms with E-state index in [1.54, 1.807) is 31.5 Å². The number of morpholine rings is 1. The number of aryl methyl sites for hydroxylation is 1. The molecule has 39 heavy (non-hydrogen) atoms. The fourth-order valence-electron chi connectivity index (χ4n) is 4.56. The predicted molar refractivity (Wildman–Crippen MR) is 149 cm³/mol. The third-order valence-electron chi connectivity index (χ3n) is 6.81. The molecule has 3 N–H and O–H groups in total. The number of hydroxylamine groups is 1. The van der Waals surface area contributed by atoms with Crippen LogP contribution in [0.4, 0.5) is 5.69 Å². The molecule has 1 saturated heterocycles. The van der Waals surface area contributed by atoms with Crippen molar-refractivity contribution in [2.24, 2.45) is 5.92 Å². The summed E-state index contributed by atoms with van der Waals surface area (Å²) in [6, 6.07) is 12.2. The lowest BCUT2D eigenvalue weighted by Gasteiger charge is -2.34. The minimum atomic E-state index is -4.12. The zero-order valence-corrected chi connectivity index (χ0v) is 23.7. The lowest BCUT2D eigenvalue weighted by Crippen LogP contribution is -2.54. The summed E-state index contributed by atoms with van der Waals surface area (Å²) in [4.78, 5) is 27.3. The maximum Gasteiger partial charge on any atom is 0.262 e. The second kappa shape index (κ2) is 14.5. The van der Waals surface area contributed by atoms with Gasteiger partial charge in [-0.2, -0.15) is 4.31 Å². The average Bonchev–Trinajstić information content (AvgIpc) is 2.94. The molecule has 0 bridgehead atoms. The first kappa shape index (κ1) is 30.7. The van der Waals surface area contributed by atoms with Crippen molar-refractivity contribution in [3.8, 4) is 0 Å². The number of nitrogens with one attached hydrogen (secondary N) is 2. The van der Waals surface area contributed by atoms with Crippen molar-refractivity contribution in [1.29, 1.82) is 0 Å². The van der Waals surface area contributed by atoms with Gasteiger partial charge in [-0.3, -0.25) is 19.7 Å². The van der Waals surface area contributed by atoms with E-state index >= 15 is 0 Å². The van der Waals surface area contributed by atoms with Crippen molar-refractivity contribution < 1.29 is 28.0 Å². The zero-order chi connectivity index (χ0) is 28.4. The van der Waals surface area contributed by atoms with Gasteiger partial charge in [-0.25, -0.2) is 13.9 Å². The van der Waals surface area contributed by atoms with E-state index in [4.69, 9.17) is 4.74 Å². The van der Waals surface area contributed by atoms with Gasteiger partial charge in [-0.05, 0) is 60.7 Å². The summed E-state index contributed by atoms with van der Waals surface area (Å²) in [6.45, 7) is 8.53. The normalized spacial score (nSPS) is 15.3. The van der Waals surface area contributed by atoms with Gasteiger partial charge in [0.25, 0.3) is 11.8 Å². The monoisotopic (exact) mass is 560 g/mol. The van der Waals surface area contributed by atoms with Crippen LogP contribution in [0.1, 0.15) is 49.5 Å². The van der Waals surface area contributed by atoms with Crippen LogP contribution >= 0.6 is 0 Å². The van der Waals surface area contributed by atoms with Gasteiger partial charge in [0.05, 0.1) is 18.1 Å². The summed E-state index contributed by atoms with van der Waals surface area (Å²) in [7, 11) is -4.12. The van der Waals surface area contributed by atoms with E-state index in [1.807, 2.05) is 12.1 Å². The van der Waals surface area contributed by atoms with Gasteiger partial charge in [0, 0.05) is 37.4 Å². The number of carbonyl (C=O) groups excluding carboxylic acids is 2. The molecule has 2 amide bonds. The van der Waals surface area contributed by atoms with Crippen molar-refractivity contribution in [2.45, 2.75) is 51.0 Å². The summed E-state index contributed by atoms with van der Waals surface area (Å²) in [5.41, 5.74) is 3.76. The van der Waals surface area contributed by atoms with E-state index in [1.165, 1.54) is 29.8 Å². The van der Waals surface area contributed by atoms with Crippen molar-refractivity contribution >= 4 is 27.5 Å². The molecule has 2 aromatic rings. The molecule has 11 heteroatoms. The molecule has 3 rings (SSSR count). The fraction of sp³-hybridized carbons (Fsp3) is 0.500. The van der Waals surface area contributed by atoms with E-state index in [0.29, 0.717) is 44.1 Å². The molecule has 0 unspecified atom stereocenters. The first-order valence-corrected chi connectivity index (χ1v) is 14.9. The number of ether oxygens (including phenoxy) is 1. The summed E-state index contributed by atoms with van der Waals surface area (Å²) in [5.74, 6) is -1.48. The average molecular weight is 561 g/mol. The van der Waals surface area contributed by atoms with Crippen LogP contribution in [0.25, 0.3) is 0 Å². The molecule has 1 heterocycles.